The van der Waals surface area contributed by atoms with Gasteiger partial charge in [0.25, 0.3) is 0 Å². The minimum atomic E-state index is -0.361. The molecule has 3 heterocycles. The van der Waals surface area contributed by atoms with Gasteiger partial charge in [-0.05, 0) is 11.4 Å². The highest BCUT2D eigenvalue weighted by Gasteiger charge is 2.22. The number of aromatic nitrogens is 5. The molecule has 0 fully saturated rings. The van der Waals surface area contributed by atoms with Gasteiger partial charge in [0.2, 0.25) is 11.8 Å². The molecular formula is C16H20N6O2S2. The van der Waals surface area contributed by atoms with E-state index in [1.165, 1.54) is 11.8 Å². The number of amides is 1. The molecule has 0 unspecified atom stereocenters. The minimum absolute atomic E-state index is 0.191. The van der Waals surface area contributed by atoms with E-state index in [4.69, 9.17) is 10.3 Å². The highest BCUT2D eigenvalue weighted by Crippen LogP contribution is 2.29. The molecule has 3 aromatic rings. The van der Waals surface area contributed by atoms with Crippen molar-refractivity contribution < 1.29 is 9.32 Å². The lowest BCUT2D eigenvalue weighted by molar-refractivity contribution is -0.118. The molecule has 0 aromatic carbocycles. The van der Waals surface area contributed by atoms with Crippen LogP contribution in [0.1, 0.15) is 38.9 Å². The first kappa shape index (κ1) is 18.6. The molecule has 3 rings (SSSR count). The Bertz CT molecular complexity index is 879. The van der Waals surface area contributed by atoms with Crippen molar-refractivity contribution in [2.24, 2.45) is 5.73 Å². The molecule has 10 heteroatoms. The normalized spacial score (nSPS) is 11.8. The lowest BCUT2D eigenvalue weighted by atomic mass is 9.97. The standard InChI is InChI=1S/C16H20N6O2S2/c1-16(2,3)14-18-12(21-24-14)9-26-15-20-19-13(10-5-4-8-25-10)22(15)7-6-11(17)23/h4-5,8H,6-7,9H2,1-3H3,(H2,17,23). The fraction of sp³-hybridized carbons (Fsp3) is 0.438. The zero-order valence-corrected chi connectivity index (χ0v) is 16.4. The summed E-state index contributed by atoms with van der Waals surface area (Å²) in [6.07, 6.45) is 0.223. The van der Waals surface area contributed by atoms with Crippen LogP contribution in [0.3, 0.4) is 0 Å². The highest BCUT2D eigenvalue weighted by atomic mass is 32.2. The molecule has 0 aliphatic heterocycles. The second-order valence-corrected chi connectivity index (χ2v) is 8.60. The van der Waals surface area contributed by atoms with Crippen LogP contribution in [0, 0.1) is 0 Å². The monoisotopic (exact) mass is 392 g/mol. The van der Waals surface area contributed by atoms with E-state index in [1.807, 2.05) is 42.9 Å². The molecule has 2 N–H and O–H groups in total. The van der Waals surface area contributed by atoms with Gasteiger partial charge < -0.3 is 14.8 Å². The van der Waals surface area contributed by atoms with E-state index in [0.717, 1.165) is 10.7 Å². The number of hydrogen-bond donors (Lipinski definition) is 1. The van der Waals surface area contributed by atoms with Crippen molar-refractivity contribution >= 4 is 29.0 Å². The molecule has 0 saturated carbocycles. The number of nitrogens with zero attached hydrogens (tertiary/aromatic N) is 5. The Morgan fingerprint density at radius 1 is 1.38 bits per heavy atom. The van der Waals surface area contributed by atoms with Crippen LogP contribution in [0.2, 0.25) is 0 Å². The number of thioether (sulfide) groups is 1. The summed E-state index contributed by atoms with van der Waals surface area (Å²) >= 11 is 3.02. The van der Waals surface area contributed by atoms with Gasteiger partial charge in [0, 0.05) is 18.4 Å². The maximum absolute atomic E-state index is 11.2. The zero-order chi connectivity index (χ0) is 18.7. The van der Waals surface area contributed by atoms with Crippen molar-refractivity contribution in [2.45, 2.75) is 50.1 Å². The van der Waals surface area contributed by atoms with Gasteiger partial charge in [-0.25, -0.2) is 0 Å². The molecule has 0 aliphatic rings. The highest BCUT2D eigenvalue weighted by molar-refractivity contribution is 7.98. The summed E-state index contributed by atoms with van der Waals surface area (Å²) in [5.41, 5.74) is 5.12. The summed E-state index contributed by atoms with van der Waals surface area (Å²) in [6.45, 7) is 6.49. The van der Waals surface area contributed by atoms with Crippen molar-refractivity contribution in [3.63, 3.8) is 0 Å². The third-order valence-electron chi connectivity index (χ3n) is 3.48. The van der Waals surface area contributed by atoms with Crippen molar-refractivity contribution in [3.8, 4) is 10.7 Å². The summed E-state index contributed by atoms with van der Waals surface area (Å²) in [5.74, 6) is 2.07. The Morgan fingerprint density at radius 3 is 2.81 bits per heavy atom. The molecule has 0 spiro atoms. The second-order valence-electron chi connectivity index (χ2n) is 6.71. The first-order valence-corrected chi connectivity index (χ1v) is 9.92. The van der Waals surface area contributed by atoms with Gasteiger partial charge in [0.05, 0.1) is 10.6 Å². The summed E-state index contributed by atoms with van der Waals surface area (Å²) in [7, 11) is 0. The van der Waals surface area contributed by atoms with Crippen LogP contribution < -0.4 is 5.73 Å². The third kappa shape index (κ3) is 4.31. The third-order valence-corrected chi connectivity index (χ3v) is 5.31. The van der Waals surface area contributed by atoms with E-state index in [0.29, 0.717) is 29.2 Å². The van der Waals surface area contributed by atoms with E-state index in [-0.39, 0.29) is 17.7 Å². The number of carbonyl (C=O) groups excluding carboxylic acids is 1. The van der Waals surface area contributed by atoms with Crippen LogP contribution in [0.15, 0.2) is 27.2 Å². The molecule has 0 aliphatic carbocycles. The van der Waals surface area contributed by atoms with Gasteiger partial charge in [-0.3, -0.25) is 4.79 Å². The number of hydrogen-bond acceptors (Lipinski definition) is 8. The molecular weight excluding hydrogens is 372 g/mol. The van der Waals surface area contributed by atoms with Gasteiger partial charge in [-0.2, -0.15) is 4.98 Å². The Balaban J connectivity index is 1.78. The molecule has 0 radical (unpaired) electrons. The number of carbonyl (C=O) groups is 1. The van der Waals surface area contributed by atoms with E-state index in [1.54, 1.807) is 11.3 Å². The molecule has 0 bridgehead atoms. The van der Waals surface area contributed by atoms with Crippen LogP contribution in [-0.2, 0) is 22.5 Å². The van der Waals surface area contributed by atoms with Gasteiger partial charge in [0.15, 0.2) is 16.8 Å². The molecule has 3 aromatic heterocycles. The number of rotatable bonds is 7. The maximum Gasteiger partial charge on any atom is 0.232 e. The average Bonchev–Trinajstić information content (AvgIpc) is 3.29. The van der Waals surface area contributed by atoms with Crippen molar-refractivity contribution in [1.29, 1.82) is 0 Å². The van der Waals surface area contributed by atoms with Crippen molar-refractivity contribution in [3.05, 3.63) is 29.2 Å². The van der Waals surface area contributed by atoms with Crippen LogP contribution in [0.25, 0.3) is 10.7 Å². The predicted molar refractivity (Wildman–Crippen MR) is 99.7 cm³/mol. The fourth-order valence-electron chi connectivity index (χ4n) is 2.15. The topological polar surface area (TPSA) is 113 Å². The van der Waals surface area contributed by atoms with E-state index < -0.39 is 0 Å². The molecule has 1 amide bonds. The maximum atomic E-state index is 11.2. The van der Waals surface area contributed by atoms with Crippen LogP contribution in [0.4, 0.5) is 0 Å². The summed E-state index contributed by atoms with van der Waals surface area (Å²) in [5, 5.41) is 15.2. The second kappa shape index (κ2) is 7.58. The average molecular weight is 393 g/mol. The molecule has 26 heavy (non-hydrogen) atoms. The SMILES string of the molecule is CC(C)(C)c1nc(CSc2nnc(-c3cccs3)n2CCC(N)=O)no1. The van der Waals surface area contributed by atoms with Gasteiger partial charge in [-0.15, -0.1) is 21.5 Å². The lowest BCUT2D eigenvalue weighted by Gasteiger charge is -2.10. The number of primary amides is 1. The minimum Gasteiger partial charge on any atom is -0.370 e. The Labute approximate surface area is 159 Å². The first-order valence-electron chi connectivity index (χ1n) is 8.06. The van der Waals surface area contributed by atoms with Crippen molar-refractivity contribution in [2.75, 3.05) is 0 Å². The Hall–Kier alpha value is -2.20. The molecule has 138 valence electrons. The lowest BCUT2D eigenvalue weighted by Crippen LogP contribution is -2.15. The zero-order valence-electron chi connectivity index (χ0n) is 14.8. The summed E-state index contributed by atoms with van der Waals surface area (Å²) < 4.78 is 7.22. The molecule has 0 saturated heterocycles. The van der Waals surface area contributed by atoms with E-state index in [2.05, 4.69) is 20.3 Å². The van der Waals surface area contributed by atoms with Crippen LogP contribution >= 0.6 is 23.1 Å². The predicted octanol–water partition coefficient (Wildman–Crippen LogP) is 2.85. The summed E-state index contributed by atoms with van der Waals surface area (Å²) in [4.78, 5) is 16.6. The first-order chi connectivity index (χ1) is 12.3. The molecule has 8 nitrogen and oxygen atoms in total. The summed E-state index contributed by atoms with van der Waals surface area (Å²) in [6, 6.07) is 3.92. The van der Waals surface area contributed by atoms with Gasteiger partial charge >= 0.3 is 0 Å². The van der Waals surface area contributed by atoms with Gasteiger partial charge in [-0.1, -0.05) is 43.8 Å². The smallest absolute Gasteiger partial charge is 0.232 e. The largest absolute Gasteiger partial charge is 0.370 e. The van der Waals surface area contributed by atoms with E-state index in [9.17, 15) is 4.79 Å². The molecule has 0 atom stereocenters. The fourth-order valence-corrected chi connectivity index (χ4v) is 3.68. The van der Waals surface area contributed by atoms with Crippen molar-refractivity contribution in [1.82, 2.24) is 24.9 Å². The Kier molecular flexibility index (Phi) is 5.42. The van der Waals surface area contributed by atoms with Crippen LogP contribution in [0.5, 0.6) is 0 Å². The van der Waals surface area contributed by atoms with Crippen LogP contribution in [-0.4, -0.2) is 30.8 Å². The number of nitrogens with two attached hydrogens (primary N) is 1. The number of thiophene rings is 1. The van der Waals surface area contributed by atoms with E-state index >= 15 is 0 Å². The van der Waals surface area contributed by atoms with Gasteiger partial charge in [0.1, 0.15) is 0 Å². The Morgan fingerprint density at radius 2 is 2.19 bits per heavy atom. The quantitative estimate of drug-likeness (QED) is 0.615.